The van der Waals surface area contributed by atoms with Crippen molar-refractivity contribution in [3.05, 3.63) is 78.2 Å². The van der Waals surface area contributed by atoms with Gasteiger partial charge in [0.15, 0.2) is 5.69 Å². The second-order valence-corrected chi connectivity index (χ2v) is 13.6. The summed E-state index contributed by atoms with van der Waals surface area (Å²) >= 11 is 0. The minimum Gasteiger partial charge on any atom is -0.385 e. The van der Waals surface area contributed by atoms with E-state index in [0.717, 1.165) is 24.8 Å². The minimum atomic E-state index is -3.17. The Morgan fingerprint density at radius 3 is 2.55 bits per heavy atom. The van der Waals surface area contributed by atoms with Gasteiger partial charge in [0.2, 0.25) is 0 Å². The molecule has 2 aromatic carbocycles. The van der Waals surface area contributed by atoms with Crippen molar-refractivity contribution in [3.8, 4) is 11.3 Å². The molecule has 2 unspecified atom stereocenters. The zero-order valence-electron chi connectivity index (χ0n) is 24.0. The predicted octanol–water partition coefficient (Wildman–Crippen LogP) is 3.54. The summed E-state index contributed by atoms with van der Waals surface area (Å²) in [7, 11) is -3.17. The molecule has 11 heteroatoms. The highest BCUT2D eigenvalue weighted by atomic mass is 35.5. The molecule has 42 heavy (non-hydrogen) atoms. The summed E-state index contributed by atoms with van der Waals surface area (Å²) in [5.74, 6) is -0.213. The molecule has 3 atom stereocenters. The van der Waals surface area contributed by atoms with Crippen molar-refractivity contribution in [2.45, 2.75) is 49.8 Å². The van der Waals surface area contributed by atoms with Crippen LogP contribution in [0.15, 0.2) is 67.0 Å². The lowest BCUT2D eigenvalue weighted by Crippen LogP contribution is -2.54. The van der Waals surface area contributed by atoms with E-state index < -0.39 is 15.4 Å². The van der Waals surface area contributed by atoms with Gasteiger partial charge in [-0.25, -0.2) is 13.4 Å². The fourth-order valence-electron chi connectivity index (χ4n) is 6.10. The van der Waals surface area contributed by atoms with Gasteiger partial charge in [-0.3, -0.25) is 4.79 Å². The molecule has 0 radical (unpaired) electrons. The van der Waals surface area contributed by atoms with Crippen LogP contribution in [0.5, 0.6) is 0 Å². The van der Waals surface area contributed by atoms with E-state index in [4.69, 9.17) is 9.72 Å². The molecule has 2 heterocycles. The van der Waals surface area contributed by atoms with Crippen molar-refractivity contribution in [1.29, 1.82) is 0 Å². The number of rotatable bonds is 10. The molecule has 1 aliphatic heterocycles. The summed E-state index contributed by atoms with van der Waals surface area (Å²) in [4.78, 5) is 20.9. The Hall–Kier alpha value is -2.76. The maximum Gasteiger partial charge on any atom is 0.275 e. The zero-order valence-corrected chi connectivity index (χ0v) is 25.7. The molecule has 9 nitrogen and oxygen atoms in total. The molecule has 0 bridgehead atoms. The molecular weight excluding hydrogens is 576 g/mol. The van der Waals surface area contributed by atoms with Gasteiger partial charge in [0.1, 0.15) is 15.4 Å². The maximum absolute atomic E-state index is 14.2. The maximum atomic E-state index is 14.2. The molecular formula is C31H41ClN4O5S. The van der Waals surface area contributed by atoms with Gasteiger partial charge >= 0.3 is 0 Å². The first-order valence-electron chi connectivity index (χ1n) is 14.4. The van der Waals surface area contributed by atoms with Crippen LogP contribution >= 0.6 is 12.4 Å². The highest BCUT2D eigenvalue weighted by Gasteiger charge is 2.42. The number of hydrogen-bond donors (Lipinski definition) is 2. The Labute approximate surface area is 254 Å². The van der Waals surface area contributed by atoms with E-state index in [1.165, 1.54) is 11.8 Å². The average molecular weight is 617 g/mol. The van der Waals surface area contributed by atoms with E-state index in [1.54, 1.807) is 6.33 Å². The van der Waals surface area contributed by atoms with Crippen molar-refractivity contribution in [2.75, 3.05) is 44.9 Å². The minimum absolute atomic E-state index is 0. The molecule has 1 aromatic heterocycles. The molecule has 1 saturated carbocycles. The Bertz CT molecular complexity index is 1420. The van der Waals surface area contributed by atoms with Crippen molar-refractivity contribution in [2.24, 2.45) is 0 Å². The van der Waals surface area contributed by atoms with Crippen LogP contribution in [0.1, 0.15) is 47.8 Å². The van der Waals surface area contributed by atoms with Crippen molar-refractivity contribution >= 4 is 28.2 Å². The van der Waals surface area contributed by atoms with E-state index in [0.29, 0.717) is 43.9 Å². The van der Waals surface area contributed by atoms with Crippen molar-refractivity contribution < 1.29 is 23.1 Å². The van der Waals surface area contributed by atoms with Gasteiger partial charge in [-0.15, -0.1) is 12.4 Å². The number of ether oxygens (including phenoxy) is 1. The zero-order chi connectivity index (χ0) is 28.9. The molecule has 2 fully saturated rings. The van der Waals surface area contributed by atoms with Crippen LogP contribution in [-0.4, -0.2) is 90.4 Å². The summed E-state index contributed by atoms with van der Waals surface area (Å²) in [6, 6.07) is 19.6. The Balaban J connectivity index is 0.00000405. The molecule has 2 N–H and O–H groups in total. The van der Waals surface area contributed by atoms with Crippen LogP contribution in [0, 0.1) is 0 Å². The number of nitrogens with zero attached hydrogens (tertiary/aromatic N) is 3. The number of imidazole rings is 1. The number of sulfone groups is 1. The Kier molecular flexibility index (Phi) is 10.8. The summed E-state index contributed by atoms with van der Waals surface area (Å²) < 4.78 is 30.8. The van der Waals surface area contributed by atoms with E-state index in [1.807, 2.05) is 58.0 Å². The summed E-state index contributed by atoms with van der Waals surface area (Å²) in [6.07, 6.45) is 6.57. The van der Waals surface area contributed by atoms with Crippen LogP contribution < -0.4 is 5.32 Å². The van der Waals surface area contributed by atoms with E-state index >= 15 is 0 Å². The molecule has 1 aliphatic carbocycles. The fourth-order valence-corrected chi connectivity index (χ4v) is 6.52. The lowest BCUT2D eigenvalue weighted by molar-refractivity contribution is -0.0969. The number of halogens is 1. The second-order valence-electron chi connectivity index (χ2n) is 11.3. The van der Waals surface area contributed by atoms with Crippen molar-refractivity contribution in [3.63, 3.8) is 0 Å². The lowest BCUT2D eigenvalue weighted by Gasteiger charge is -2.41. The van der Waals surface area contributed by atoms with E-state index in [2.05, 4.69) is 17.4 Å². The monoisotopic (exact) mass is 616 g/mol. The number of amides is 1. The van der Waals surface area contributed by atoms with Gasteiger partial charge in [0, 0.05) is 37.5 Å². The molecule has 228 valence electrons. The Morgan fingerprint density at radius 1 is 1.12 bits per heavy atom. The number of aromatic nitrogens is 2. The fraction of sp³-hybridized carbons (Fsp3) is 0.484. The topological polar surface area (TPSA) is 114 Å². The van der Waals surface area contributed by atoms with E-state index in [-0.39, 0.29) is 49.4 Å². The average Bonchev–Trinajstić information content (AvgIpc) is 3.41. The SMILES string of the molecule is CS(=O)(=O)CCOCC1(O)CCCCC1n1cnc(C(=O)N2CCNC[C@H]2Cc2ccccc2)c1-c1ccccc1.Cl. The Morgan fingerprint density at radius 2 is 1.83 bits per heavy atom. The van der Waals surface area contributed by atoms with Crippen LogP contribution in [0.25, 0.3) is 11.3 Å². The van der Waals surface area contributed by atoms with Gasteiger partial charge in [0.05, 0.1) is 37.0 Å². The molecule has 3 aromatic rings. The van der Waals surface area contributed by atoms with Crippen LogP contribution in [0.4, 0.5) is 0 Å². The number of hydrogen-bond acceptors (Lipinski definition) is 7. The first kappa shape index (κ1) is 32.2. The number of benzene rings is 2. The largest absolute Gasteiger partial charge is 0.385 e. The third-order valence-corrected chi connectivity index (χ3v) is 9.12. The third-order valence-electron chi connectivity index (χ3n) is 8.21. The summed E-state index contributed by atoms with van der Waals surface area (Å²) in [5, 5.41) is 15.3. The molecule has 5 rings (SSSR count). The molecule has 2 aliphatic rings. The van der Waals surface area contributed by atoms with Crippen molar-refractivity contribution in [1.82, 2.24) is 19.8 Å². The molecule has 1 amide bonds. The van der Waals surface area contributed by atoms with E-state index in [9.17, 15) is 18.3 Å². The lowest BCUT2D eigenvalue weighted by atomic mass is 9.80. The third kappa shape index (κ3) is 7.60. The van der Waals surface area contributed by atoms with Gasteiger partial charge in [-0.1, -0.05) is 73.5 Å². The number of carbonyl (C=O) groups is 1. The van der Waals surface area contributed by atoms with Crippen LogP contribution in [0.3, 0.4) is 0 Å². The van der Waals surface area contributed by atoms with Gasteiger partial charge < -0.3 is 24.6 Å². The smallest absolute Gasteiger partial charge is 0.275 e. The highest BCUT2D eigenvalue weighted by molar-refractivity contribution is 7.90. The quantitative estimate of drug-likeness (QED) is 0.335. The number of nitrogens with one attached hydrogen (secondary N) is 1. The molecule has 1 saturated heterocycles. The van der Waals surface area contributed by atoms with Crippen LogP contribution in [0.2, 0.25) is 0 Å². The molecule has 0 spiro atoms. The first-order valence-corrected chi connectivity index (χ1v) is 16.5. The summed E-state index contributed by atoms with van der Waals surface area (Å²) in [6.45, 7) is 2.04. The highest BCUT2D eigenvalue weighted by Crippen LogP contribution is 2.41. The predicted molar refractivity (Wildman–Crippen MR) is 166 cm³/mol. The normalized spacial score (nSPS) is 22.9. The standard InChI is InChI=1S/C31H40N4O5S.ClH/c1-41(38,39)19-18-40-22-31(37)15-9-8-14-27(31)35-23-33-28(29(35)25-12-6-3-7-13-25)30(36)34-17-16-32-21-26(34)20-24-10-4-2-5-11-24;/h2-7,10-13,23,26-27,32,37H,8-9,14-22H2,1H3;1H/t26-,27?,31?;/m1./s1. The van der Waals surface area contributed by atoms with Crippen LogP contribution in [-0.2, 0) is 21.0 Å². The number of aliphatic hydroxyl groups is 1. The van der Waals surface area contributed by atoms with Gasteiger partial charge in [-0.05, 0) is 24.8 Å². The number of piperazine rings is 1. The number of carbonyl (C=O) groups excluding carboxylic acids is 1. The summed E-state index contributed by atoms with van der Waals surface area (Å²) in [5.41, 5.74) is 1.88. The van der Waals surface area contributed by atoms with Gasteiger partial charge in [-0.2, -0.15) is 0 Å². The first-order chi connectivity index (χ1) is 19.8. The van der Waals surface area contributed by atoms with Gasteiger partial charge in [0.25, 0.3) is 5.91 Å². The second kappa shape index (κ2) is 14.1.